The van der Waals surface area contributed by atoms with E-state index in [2.05, 4.69) is 6.58 Å². The van der Waals surface area contributed by atoms with Gasteiger partial charge >= 0.3 is 0 Å². The van der Waals surface area contributed by atoms with Gasteiger partial charge in [0.1, 0.15) is 0 Å². The van der Waals surface area contributed by atoms with E-state index in [9.17, 15) is 4.79 Å². The lowest BCUT2D eigenvalue weighted by atomic mass is 10.1. The summed E-state index contributed by atoms with van der Waals surface area (Å²) in [6, 6.07) is 0. The molecular weight excluding hydrogens is 148 g/mol. The third-order valence-corrected chi connectivity index (χ3v) is 1.63. The van der Waals surface area contributed by atoms with E-state index in [1.807, 2.05) is 13.8 Å². The van der Waals surface area contributed by atoms with Crippen molar-refractivity contribution in [2.24, 2.45) is 0 Å². The second-order valence-corrected chi connectivity index (χ2v) is 3.13. The zero-order valence-corrected chi connectivity index (χ0v) is 8.10. The monoisotopic (exact) mass is 166 g/mol. The summed E-state index contributed by atoms with van der Waals surface area (Å²) in [5, 5.41) is 0. The van der Waals surface area contributed by atoms with E-state index >= 15 is 0 Å². The fourth-order valence-corrected chi connectivity index (χ4v) is 0.995. The van der Waals surface area contributed by atoms with Crippen LogP contribution in [0.15, 0.2) is 24.3 Å². The minimum Gasteiger partial charge on any atom is -0.295 e. The zero-order chi connectivity index (χ0) is 9.40. The average Bonchev–Trinajstić information content (AvgIpc) is 1.98. The zero-order valence-electron chi connectivity index (χ0n) is 8.10. The van der Waals surface area contributed by atoms with Crippen LogP contribution in [0.3, 0.4) is 0 Å². The van der Waals surface area contributed by atoms with E-state index in [4.69, 9.17) is 0 Å². The standard InChI is InChI=1S/C11H18O/c1-4-7-11(12)9-6-5-8-10(2)3/h4,7H,2,5-6,8-9H2,1,3H3. The highest BCUT2D eigenvalue weighted by molar-refractivity contribution is 5.89. The van der Waals surface area contributed by atoms with Crippen molar-refractivity contribution in [3.05, 3.63) is 24.3 Å². The van der Waals surface area contributed by atoms with Crippen molar-refractivity contribution in [2.75, 3.05) is 0 Å². The number of unbranched alkanes of at least 4 members (excludes halogenated alkanes) is 1. The summed E-state index contributed by atoms with van der Waals surface area (Å²) in [7, 11) is 0. The maximum Gasteiger partial charge on any atom is 0.155 e. The Labute approximate surface area is 75.2 Å². The fraction of sp³-hybridized carbons (Fsp3) is 0.545. The molecule has 0 rings (SSSR count). The molecule has 0 atom stereocenters. The van der Waals surface area contributed by atoms with Crippen LogP contribution in [-0.4, -0.2) is 5.78 Å². The van der Waals surface area contributed by atoms with Gasteiger partial charge in [-0.3, -0.25) is 4.79 Å². The van der Waals surface area contributed by atoms with E-state index in [-0.39, 0.29) is 5.78 Å². The largest absolute Gasteiger partial charge is 0.295 e. The van der Waals surface area contributed by atoms with Gasteiger partial charge in [-0.25, -0.2) is 0 Å². The number of hydrogen-bond donors (Lipinski definition) is 0. The van der Waals surface area contributed by atoms with Crippen molar-refractivity contribution in [3.8, 4) is 0 Å². The van der Waals surface area contributed by atoms with Gasteiger partial charge in [0.15, 0.2) is 5.78 Å². The predicted molar refractivity (Wildman–Crippen MR) is 53.1 cm³/mol. The summed E-state index contributed by atoms with van der Waals surface area (Å²) >= 11 is 0. The van der Waals surface area contributed by atoms with E-state index in [0.29, 0.717) is 6.42 Å². The number of carbonyl (C=O) groups excluding carboxylic acids is 1. The van der Waals surface area contributed by atoms with Crippen molar-refractivity contribution in [1.29, 1.82) is 0 Å². The quantitative estimate of drug-likeness (QED) is 0.336. The van der Waals surface area contributed by atoms with Gasteiger partial charge in [-0.1, -0.05) is 11.6 Å². The second kappa shape index (κ2) is 6.84. The molecular formula is C11H18O. The lowest BCUT2D eigenvalue weighted by Gasteiger charge is -1.97. The predicted octanol–water partition coefficient (Wildman–Crippen LogP) is 3.27. The Morgan fingerprint density at radius 1 is 1.33 bits per heavy atom. The molecule has 0 bridgehead atoms. The highest BCUT2D eigenvalue weighted by Gasteiger charge is 1.95. The third kappa shape index (κ3) is 7.26. The molecule has 0 fully saturated rings. The molecule has 12 heavy (non-hydrogen) atoms. The third-order valence-electron chi connectivity index (χ3n) is 1.63. The molecule has 0 aliphatic heterocycles. The minimum absolute atomic E-state index is 0.235. The second-order valence-electron chi connectivity index (χ2n) is 3.13. The number of allylic oxidation sites excluding steroid dienone is 3. The van der Waals surface area contributed by atoms with Gasteiger partial charge in [0.25, 0.3) is 0 Å². The highest BCUT2D eigenvalue weighted by Crippen LogP contribution is 2.06. The molecule has 0 N–H and O–H groups in total. The van der Waals surface area contributed by atoms with Gasteiger partial charge in [-0.15, -0.1) is 6.58 Å². The van der Waals surface area contributed by atoms with E-state index in [1.165, 1.54) is 5.57 Å². The molecule has 0 radical (unpaired) electrons. The molecule has 0 heterocycles. The van der Waals surface area contributed by atoms with Crippen molar-refractivity contribution in [1.82, 2.24) is 0 Å². The van der Waals surface area contributed by atoms with Gasteiger partial charge in [-0.2, -0.15) is 0 Å². The van der Waals surface area contributed by atoms with Crippen LogP contribution in [0.4, 0.5) is 0 Å². The topological polar surface area (TPSA) is 17.1 Å². The lowest BCUT2D eigenvalue weighted by Crippen LogP contribution is -1.91. The van der Waals surface area contributed by atoms with Crippen LogP contribution in [0.2, 0.25) is 0 Å². The molecule has 68 valence electrons. The number of ketones is 1. The normalized spacial score (nSPS) is 10.5. The van der Waals surface area contributed by atoms with Crippen molar-refractivity contribution < 1.29 is 4.79 Å². The maximum atomic E-state index is 11.0. The molecule has 0 saturated heterocycles. The fourth-order valence-electron chi connectivity index (χ4n) is 0.995. The molecule has 0 saturated carbocycles. The number of rotatable bonds is 6. The van der Waals surface area contributed by atoms with Gasteiger partial charge in [0.05, 0.1) is 0 Å². The maximum absolute atomic E-state index is 11.0. The Balaban J connectivity index is 3.31. The molecule has 0 aromatic carbocycles. The molecule has 1 nitrogen and oxygen atoms in total. The average molecular weight is 166 g/mol. The van der Waals surface area contributed by atoms with Crippen LogP contribution >= 0.6 is 0 Å². The summed E-state index contributed by atoms with van der Waals surface area (Å²) in [4.78, 5) is 11.0. The summed E-state index contributed by atoms with van der Waals surface area (Å²) in [6.07, 6.45) is 7.22. The summed E-state index contributed by atoms with van der Waals surface area (Å²) in [5.74, 6) is 0.235. The molecule has 1 heteroatoms. The van der Waals surface area contributed by atoms with Gasteiger partial charge in [0.2, 0.25) is 0 Å². The number of carbonyl (C=O) groups is 1. The first-order valence-corrected chi connectivity index (χ1v) is 4.46. The smallest absolute Gasteiger partial charge is 0.155 e. The first kappa shape index (κ1) is 11.2. The van der Waals surface area contributed by atoms with Crippen LogP contribution in [0.25, 0.3) is 0 Å². The van der Waals surface area contributed by atoms with Gasteiger partial charge in [-0.05, 0) is 39.2 Å². The van der Waals surface area contributed by atoms with Crippen LogP contribution in [0, 0.1) is 0 Å². The van der Waals surface area contributed by atoms with Crippen molar-refractivity contribution in [3.63, 3.8) is 0 Å². The lowest BCUT2D eigenvalue weighted by molar-refractivity contribution is -0.114. The van der Waals surface area contributed by atoms with Crippen LogP contribution < -0.4 is 0 Å². The molecule has 0 aliphatic rings. The van der Waals surface area contributed by atoms with Crippen LogP contribution in [-0.2, 0) is 4.79 Å². The van der Waals surface area contributed by atoms with E-state index in [0.717, 1.165) is 19.3 Å². The summed E-state index contributed by atoms with van der Waals surface area (Å²) < 4.78 is 0. The Morgan fingerprint density at radius 3 is 2.42 bits per heavy atom. The molecule has 0 aliphatic carbocycles. The summed E-state index contributed by atoms with van der Waals surface area (Å²) in [6.45, 7) is 7.70. The Bertz CT molecular complexity index is 177. The summed E-state index contributed by atoms with van der Waals surface area (Å²) in [5.41, 5.74) is 1.20. The molecule has 0 unspecified atom stereocenters. The first-order chi connectivity index (χ1) is 5.66. The van der Waals surface area contributed by atoms with Crippen LogP contribution in [0.1, 0.15) is 39.5 Å². The van der Waals surface area contributed by atoms with E-state index in [1.54, 1.807) is 12.2 Å². The Hall–Kier alpha value is -0.850. The van der Waals surface area contributed by atoms with Crippen molar-refractivity contribution >= 4 is 5.78 Å². The van der Waals surface area contributed by atoms with E-state index < -0.39 is 0 Å². The molecule has 0 aromatic rings. The highest BCUT2D eigenvalue weighted by atomic mass is 16.1. The Morgan fingerprint density at radius 2 is 1.92 bits per heavy atom. The van der Waals surface area contributed by atoms with Crippen molar-refractivity contribution in [2.45, 2.75) is 39.5 Å². The molecule has 0 aromatic heterocycles. The molecule has 0 amide bonds. The minimum atomic E-state index is 0.235. The Kier molecular flexibility index (Phi) is 6.35. The van der Waals surface area contributed by atoms with Crippen LogP contribution in [0.5, 0.6) is 0 Å². The number of hydrogen-bond acceptors (Lipinski definition) is 1. The first-order valence-electron chi connectivity index (χ1n) is 4.46. The molecule has 0 spiro atoms. The van der Waals surface area contributed by atoms with Gasteiger partial charge < -0.3 is 0 Å². The SMILES string of the molecule is C=C(C)CCCCC(=O)C=CC. The van der Waals surface area contributed by atoms with Gasteiger partial charge in [0, 0.05) is 6.42 Å².